The Morgan fingerprint density at radius 1 is 1.33 bits per heavy atom. The lowest BCUT2D eigenvalue weighted by atomic mass is 10.4. The van der Waals surface area contributed by atoms with E-state index < -0.39 is 8.07 Å². The van der Waals surface area contributed by atoms with Gasteiger partial charge in [0.1, 0.15) is 0 Å². The highest BCUT2D eigenvalue weighted by atomic mass is 28.3. The Balaban J connectivity index is 3.62. The lowest BCUT2D eigenvalue weighted by Crippen LogP contribution is -2.25. The first kappa shape index (κ1) is 14.4. The minimum Gasteiger partial charge on any atom is -0.462 e. The van der Waals surface area contributed by atoms with Crippen LogP contribution >= 0.6 is 0 Å². The third-order valence-electron chi connectivity index (χ3n) is 2.51. The van der Waals surface area contributed by atoms with Gasteiger partial charge in [-0.1, -0.05) is 45.1 Å². The molecule has 0 fully saturated rings. The van der Waals surface area contributed by atoms with Crippen LogP contribution in [0.5, 0.6) is 0 Å². The monoisotopic (exact) mass is 228 g/mol. The number of hydrogen-bond donors (Lipinski definition) is 0. The van der Waals surface area contributed by atoms with Crippen molar-refractivity contribution in [3.05, 3.63) is 12.2 Å². The molecule has 0 saturated heterocycles. The molecule has 3 heteroatoms. The van der Waals surface area contributed by atoms with Crippen molar-refractivity contribution in [2.45, 2.75) is 51.9 Å². The fraction of sp³-hybridized carbons (Fsp3) is 0.750. The Morgan fingerprint density at radius 3 is 2.40 bits per heavy atom. The standard InChI is InChI=1S/C12H24O2Si/c1-6-9-15(4,5)10-7-8-14-12(13)11(2)3/h2,6-10H2,1,3-5H3. The molecule has 0 bridgehead atoms. The Morgan fingerprint density at radius 2 is 1.93 bits per heavy atom. The van der Waals surface area contributed by atoms with E-state index in [4.69, 9.17) is 4.74 Å². The summed E-state index contributed by atoms with van der Waals surface area (Å²) in [6.07, 6.45) is 2.27. The van der Waals surface area contributed by atoms with E-state index >= 15 is 0 Å². The first-order valence-electron chi connectivity index (χ1n) is 5.71. The summed E-state index contributed by atoms with van der Waals surface area (Å²) in [5.74, 6) is -0.259. The second-order valence-electron chi connectivity index (χ2n) is 4.93. The van der Waals surface area contributed by atoms with Crippen molar-refractivity contribution >= 4 is 14.0 Å². The summed E-state index contributed by atoms with van der Waals surface area (Å²) in [6.45, 7) is 12.8. The highest BCUT2D eigenvalue weighted by molar-refractivity contribution is 6.77. The lowest BCUT2D eigenvalue weighted by Gasteiger charge is -2.21. The molecule has 0 aromatic carbocycles. The van der Waals surface area contributed by atoms with E-state index in [1.165, 1.54) is 18.5 Å². The molecule has 15 heavy (non-hydrogen) atoms. The largest absolute Gasteiger partial charge is 0.462 e. The van der Waals surface area contributed by atoms with E-state index in [2.05, 4.69) is 26.6 Å². The van der Waals surface area contributed by atoms with Crippen LogP contribution in [0.2, 0.25) is 25.2 Å². The van der Waals surface area contributed by atoms with Gasteiger partial charge in [-0.25, -0.2) is 4.79 Å². The van der Waals surface area contributed by atoms with Crippen LogP contribution < -0.4 is 0 Å². The maximum atomic E-state index is 11.1. The van der Waals surface area contributed by atoms with Crippen molar-refractivity contribution in [3.63, 3.8) is 0 Å². The minimum atomic E-state index is -1.02. The van der Waals surface area contributed by atoms with Crippen LogP contribution in [0.25, 0.3) is 0 Å². The van der Waals surface area contributed by atoms with Crippen LogP contribution in [0.1, 0.15) is 26.7 Å². The minimum absolute atomic E-state index is 0.259. The number of carbonyl (C=O) groups is 1. The summed E-state index contributed by atoms with van der Waals surface area (Å²) < 4.78 is 5.06. The first-order chi connectivity index (χ1) is 6.89. The van der Waals surface area contributed by atoms with Crippen molar-refractivity contribution in [2.75, 3.05) is 6.61 Å². The van der Waals surface area contributed by atoms with Crippen molar-refractivity contribution in [1.82, 2.24) is 0 Å². The van der Waals surface area contributed by atoms with Crippen molar-refractivity contribution in [1.29, 1.82) is 0 Å². The fourth-order valence-corrected chi connectivity index (χ4v) is 4.35. The maximum absolute atomic E-state index is 11.1. The summed E-state index contributed by atoms with van der Waals surface area (Å²) in [7, 11) is -1.02. The molecule has 0 aliphatic rings. The summed E-state index contributed by atoms with van der Waals surface area (Å²) in [6, 6.07) is 2.60. The van der Waals surface area contributed by atoms with Gasteiger partial charge in [0.15, 0.2) is 0 Å². The highest BCUT2D eigenvalue weighted by Gasteiger charge is 2.18. The van der Waals surface area contributed by atoms with E-state index in [9.17, 15) is 4.79 Å². The van der Waals surface area contributed by atoms with Gasteiger partial charge in [0, 0.05) is 13.6 Å². The molecule has 0 aliphatic heterocycles. The third-order valence-corrected chi connectivity index (χ3v) is 6.07. The number of esters is 1. The second-order valence-corrected chi connectivity index (χ2v) is 10.3. The normalized spacial score (nSPS) is 11.2. The molecule has 0 aliphatic carbocycles. The molecule has 0 saturated carbocycles. The molecule has 0 heterocycles. The van der Waals surface area contributed by atoms with Crippen LogP contribution in [0.4, 0.5) is 0 Å². The smallest absolute Gasteiger partial charge is 0.333 e. The van der Waals surface area contributed by atoms with Crippen LogP contribution in [0.15, 0.2) is 12.2 Å². The summed E-state index contributed by atoms with van der Waals surface area (Å²) in [5, 5.41) is 0. The van der Waals surface area contributed by atoms with Gasteiger partial charge in [-0.3, -0.25) is 0 Å². The average Bonchev–Trinajstić information content (AvgIpc) is 2.11. The molecule has 0 spiro atoms. The zero-order valence-corrected chi connectivity index (χ0v) is 11.6. The molecular formula is C12H24O2Si. The molecule has 0 N–H and O–H groups in total. The predicted octanol–water partition coefficient (Wildman–Crippen LogP) is 3.61. The van der Waals surface area contributed by atoms with Gasteiger partial charge in [0.2, 0.25) is 0 Å². The average molecular weight is 228 g/mol. The van der Waals surface area contributed by atoms with Crippen LogP contribution in [-0.2, 0) is 9.53 Å². The van der Waals surface area contributed by atoms with Crippen molar-refractivity contribution in [2.24, 2.45) is 0 Å². The Kier molecular flexibility index (Phi) is 6.57. The second kappa shape index (κ2) is 6.83. The summed E-state index contributed by atoms with van der Waals surface area (Å²) in [4.78, 5) is 11.1. The van der Waals surface area contributed by atoms with Crippen molar-refractivity contribution < 1.29 is 9.53 Å². The molecule has 0 aromatic heterocycles. The van der Waals surface area contributed by atoms with E-state index in [0.29, 0.717) is 12.2 Å². The molecule has 0 rings (SSSR count). The van der Waals surface area contributed by atoms with Gasteiger partial charge >= 0.3 is 5.97 Å². The van der Waals surface area contributed by atoms with Crippen LogP contribution in [-0.4, -0.2) is 20.7 Å². The van der Waals surface area contributed by atoms with E-state index in [-0.39, 0.29) is 5.97 Å². The Labute approximate surface area is 94.7 Å². The zero-order chi connectivity index (χ0) is 11.9. The summed E-state index contributed by atoms with van der Waals surface area (Å²) >= 11 is 0. The SMILES string of the molecule is C=C(C)C(=O)OCCC[Si](C)(C)CCC. The van der Waals surface area contributed by atoms with Gasteiger partial charge in [-0.05, 0) is 13.3 Å². The van der Waals surface area contributed by atoms with Crippen LogP contribution in [0.3, 0.4) is 0 Å². The molecular weight excluding hydrogens is 204 g/mol. The maximum Gasteiger partial charge on any atom is 0.333 e. The lowest BCUT2D eigenvalue weighted by molar-refractivity contribution is -0.138. The summed E-state index contributed by atoms with van der Waals surface area (Å²) in [5.41, 5.74) is 0.486. The number of ether oxygens (including phenoxy) is 1. The van der Waals surface area contributed by atoms with E-state index in [1.54, 1.807) is 6.92 Å². The molecule has 0 amide bonds. The van der Waals surface area contributed by atoms with Gasteiger partial charge in [0.05, 0.1) is 6.61 Å². The molecule has 0 aromatic rings. The third kappa shape index (κ3) is 7.37. The van der Waals surface area contributed by atoms with Gasteiger partial charge in [-0.2, -0.15) is 0 Å². The molecule has 2 nitrogen and oxygen atoms in total. The van der Waals surface area contributed by atoms with Crippen molar-refractivity contribution in [3.8, 4) is 0 Å². The quantitative estimate of drug-likeness (QED) is 0.288. The fourth-order valence-electron chi connectivity index (χ4n) is 1.64. The predicted molar refractivity (Wildman–Crippen MR) is 67.8 cm³/mol. The van der Waals surface area contributed by atoms with Crippen LogP contribution in [0, 0.1) is 0 Å². The Bertz CT molecular complexity index is 222. The highest BCUT2D eigenvalue weighted by Crippen LogP contribution is 2.19. The number of rotatable bonds is 7. The number of carbonyl (C=O) groups excluding carboxylic acids is 1. The topological polar surface area (TPSA) is 26.3 Å². The van der Waals surface area contributed by atoms with Gasteiger partial charge in [-0.15, -0.1) is 0 Å². The van der Waals surface area contributed by atoms with E-state index in [0.717, 1.165) is 6.42 Å². The Hall–Kier alpha value is -0.573. The van der Waals surface area contributed by atoms with Gasteiger partial charge in [0.25, 0.3) is 0 Å². The molecule has 88 valence electrons. The number of hydrogen-bond acceptors (Lipinski definition) is 2. The molecule has 0 atom stereocenters. The molecule has 0 radical (unpaired) electrons. The van der Waals surface area contributed by atoms with Gasteiger partial charge < -0.3 is 4.74 Å². The van der Waals surface area contributed by atoms with E-state index in [1.807, 2.05) is 0 Å². The first-order valence-corrected chi connectivity index (χ1v) is 9.13. The molecule has 0 unspecified atom stereocenters. The zero-order valence-electron chi connectivity index (χ0n) is 10.6.